The van der Waals surface area contributed by atoms with Crippen LogP contribution in [0, 0.1) is 6.92 Å². The lowest BCUT2D eigenvalue weighted by Crippen LogP contribution is -2.48. The molecule has 0 fully saturated rings. The molecule has 2 heterocycles. The summed E-state index contributed by atoms with van der Waals surface area (Å²) >= 11 is 0. The second-order valence-electron chi connectivity index (χ2n) is 7.44. The molecule has 164 valence electrons. The fourth-order valence-corrected chi connectivity index (χ4v) is 3.36. The van der Waals surface area contributed by atoms with Gasteiger partial charge in [0.2, 0.25) is 0 Å². The average molecular weight is 426 g/mol. The van der Waals surface area contributed by atoms with Gasteiger partial charge in [-0.25, -0.2) is 4.79 Å². The topological polar surface area (TPSA) is 101 Å². The van der Waals surface area contributed by atoms with Crippen LogP contribution in [0.5, 0.6) is 0 Å². The number of methoxy groups -OCH3 is 1. The number of pyridine rings is 1. The molecular weight excluding hydrogens is 400 g/mol. The molecule has 0 unspecified atom stereocenters. The van der Waals surface area contributed by atoms with Crippen molar-refractivity contribution in [2.75, 3.05) is 33.8 Å². The maximum atomic E-state index is 12.8. The number of likely N-dealkylation sites (N-methyl/N-ethyl adjacent to an activating group) is 1. The van der Waals surface area contributed by atoms with Crippen molar-refractivity contribution >= 4 is 17.9 Å². The SMILES string of the molecule is COC(=O)N(C)CCN1CCn2c(ccc(C(=O)NCc3ccc(C)cc3)c2=O)C1=O. The van der Waals surface area contributed by atoms with E-state index in [4.69, 9.17) is 0 Å². The van der Waals surface area contributed by atoms with Gasteiger partial charge in [-0.1, -0.05) is 29.8 Å². The molecule has 3 amide bonds. The van der Waals surface area contributed by atoms with E-state index in [1.165, 1.54) is 28.7 Å². The van der Waals surface area contributed by atoms with Crippen LogP contribution >= 0.6 is 0 Å². The summed E-state index contributed by atoms with van der Waals surface area (Å²) in [7, 11) is 2.88. The van der Waals surface area contributed by atoms with Gasteiger partial charge in [-0.15, -0.1) is 0 Å². The van der Waals surface area contributed by atoms with E-state index in [0.29, 0.717) is 26.2 Å². The molecule has 0 saturated heterocycles. The first-order valence-corrected chi connectivity index (χ1v) is 9.97. The third-order valence-corrected chi connectivity index (χ3v) is 5.28. The van der Waals surface area contributed by atoms with Crippen molar-refractivity contribution in [1.82, 2.24) is 19.7 Å². The first-order chi connectivity index (χ1) is 14.8. The fraction of sp³-hybridized carbons (Fsp3) is 0.364. The second-order valence-corrected chi connectivity index (χ2v) is 7.44. The van der Waals surface area contributed by atoms with Crippen LogP contribution in [-0.2, 0) is 17.8 Å². The molecule has 1 N–H and O–H groups in total. The van der Waals surface area contributed by atoms with Gasteiger partial charge in [-0.2, -0.15) is 0 Å². The lowest BCUT2D eigenvalue weighted by molar-refractivity contribution is 0.0674. The van der Waals surface area contributed by atoms with Crippen LogP contribution < -0.4 is 10.9 Å². The van der Waals surface area contributed by atoms with E-state index in [-0.39, 0.29) is 23.7 Å². The number of nitrogens with one attached hydrogen (secondary N) is 1. The number of rotatable bonds is 6. The summed E-state index contributed by atoms with van der Waals surface area (Å²) in [5, 5.41) is 2.75. The minimum absolute atomic E-state index is 0.00235. The minimum Gasteiger partial charge on any atom is -0.453 e. The Balaban J connectivity index is 1.68. The van der Waals surface area contributed by atoms with Crippen molar-refractivity contribution in [3.63, 3.8) is 0 Å². The number of nitrogens with zero attached hydrogens (tertiary/aromatic N) is 3. The normalized spacial score (nSPS) is 12.9. The highest BCUT2D eigenvalue weighted by atomic mass is 16.5. The lowest BCUT2D eigenvalue weighted by Gasteiger charge is -2.30. The number of carbonyl (C=O) groups is 3. The van der Waals surface area contributed by atoms with E-state index < -0.39 is 17.6 Å². The predicted octanol–water partition coefficient (Wildman–Crippen LogP) is 1.24. The molecule has 0 saturated carbocycles. The van der Waals surface area contributed by atoms with Gasteiger partial charge in [0.05, 0.1) is 7.11 Å². The Kier molecular flexibility index (Phi) is 6.74. The molecule has 0 aliphatic carbocycles. The number of carbonyl (C=O) groups excluding carboxylic acids is 3. The van der Waals surface area contributed by atoms with Crippen LogP contribution in [0.3, 0.4) is 0 Å². The van der Waals surface area contributed by atoms with Gasteiger partial charge in [-0.05, 0) is 24.6 Å². The molecule has 0 bridgehead atoms. The molecule has 9 nitrogen and oxygen atoms in total. The maximum Gasteiger partial charge on any atom is 0.409 e. The van der Waals surface area contributed by atoms with Crippen LogP contribution in [0.25, 0.3) is 0 Å². The Morgan fingerprint density at radius 1 is 1.10 bits per heavy atom. The number of aromatic nitrogens is 1. The predicted molar refractivity (Wildman–Crippen MR) is 114 cm³/mol. The molecule has 1 aliphatic rings. The number of aryl methyl sites for hydroxylation is 1. The van der Waals surface area contributed by atoms with Gasteiger partial charge in [0.15, 0.2) is 0 Å². The molecule has 1 aromatic carbocycles. The van der Waals surface area contributed by atoms with Crippen molar-refractivity contribution in [2.45, 2.75) is 20.0 Å². The fourth-order valence-electron chi connectivity index (χ4n) is 3.36. The Hall–Kier alpha value is -3.62. The Labute approximate surface area is 180 Å². The molecule has 31 heavy (non-hydrogen) atoms. The molecule has 3 rings (SSSR count). The van der Waals surface area contributed by atoms with Crippen molar-refractivity contribution < 1.29 is 19.1 Å². The largest absolute Gasteiger partial charge is 0.453 e. The number of benzene rings is 1. The molecular formula is C22H26N4O5. The zero-order chi connectivity index (χ0) is 22.5. The second kappa shape index (κ2) is 9.46. The zero-order valence-corrected chi connectivity index (χ0v) is 17.9. The van der Waals surface area contributed by atoms with Crippen LogP contribution in [-0.4, -0.2) is 66.1 Å². The van der Waals surface area contributed by atoms with Gasteiger partial charge in [0.25, 0.3) is 17.4 Å². The van der Waals surface area contributed by atoms with Gasteiger partial charge in [-0.3, -0.25) is 14.4 Å². The highest BCUT2D eigenvalue weighted by Gasteiger charge is 2.27. The van der Waals surface area contributed by atoms with E-state index in [0.717, 1.165) is 11.1 Å². The van der Waals surface area contributed by atoms with E-state index in [1.807, 2.05) is 31.2 Å². The molecule has 1 aliphatic heterocycles. The summed E-state index contributed by atoms with van der Waals surface area (Å²) in [6, 6.07) is 10.6. The maximum absolute atomic E-state index is 12.8. The van der Waals surface area contributed by atoms with E-state index in [2.05, 4.69) is 10.1 Å². The summed E-state index contributed by atoms with van der Waals surface area (Å²) in [6.45, 7) is 3.51. The average Bonchev–Trinajstić information content (AvgIpc) is 2.77. The third kappa shape index (κ3) is 4.93. The Morgan fingerprint density at radius 2 is 1.81 bits per heavy atom. The molecule has 1 aromatic heterocycles. The number of hydrogen-bond donors (Lipinski definition) is 1. The van der Waals surface area contributed by atoms with Crippen LogP contribution in [0.2, 0.25) is 0 Å². The molecule has 0 spiro atoms. The van der Waals surface area contributed by atoms with Gasteiger partial charge in [0.1, 0.15) is 11.3 Å². The summed E-state index contributed by atoms with van der Waals surface area (Å²) in [5.41, 5.74) is 1.80. The highest BCUT2D eigenvalue weighted by Crippen LogP contribution is 2.12. The van der Waals surface area contributed by atoms with Gasteiger partial charge < -0.3 is 24.4 Å². The van der Waals surface area contributed by atoms with Crippen LogP contribution in [0.1, 0.15) is 32.0 Å². The highest BCUT2D eigenvalue weighted by molar-refractivity contribution is 5.96. The van der Waals surface area contributed by atoms with Crippen LogP contribution in [0.15, 0.2) is 41.2 Å². The van der Waals surface area contributed by atoms with Crippen LogP contribution in [0.4, 0.5) is 4.79 Å². The summed E-state index contributed by atoms with van der Waals surface area (Å²) in [5.74, 6) is -0.788. The lowest BCUT2D eigenvalue weighted by atomic mass is 10.1. The standard InChI is InChI=1S/C22H26N4O5/c1-15-4-6-16(7-5-15)14-23-19(27)17-8-9-18-21(29)25(12-13-26(18)20(17)28)11-10-24(2)22(30)31-3/h4-9H,10-14H2,1-3H3,(H,23,27). The number of amides is 3. The van der Waals surface area contributed by atoms with E-state index in [1.54, 1.807) is 11.9 Å². The van der Waals surface area contributed by atoms with Gasteiger partial charge in [0, 0.05) is 39.8 Å². The third-order valence-electron chi connectivity index (χ3n) is 5.28. The molecule has 0 radical (unpaired) electrons. The summed E-state index contributed by atoms with van der Waals surface area (Å²) < 4.78 is 5.98. The van der Waals surface area contributed by atoms with E-state index in [9.17, 15) is 19.2 Å². The smallest absolute Gasteiger partial charge is 0.409 e. The number of hydrogen-bond acceptors (Lipinski definition) is 5. The Morgan fingerprint density at radius 3 is 2.48 bits per heavy atom. The number of fused-ring (bicyclic) bond motifs is 1. The molecule has 2 aromatic rings. The van der Waals surface area contributed by atoms with Gasteiger partial charge >= 0.3 is 6.09 Å². The Bertz CT molecular complexity index is 1040. The van der Waals surface area contributed by atoms with Crippen molar-refractivity contribution in [1.29, 1.82) is 0 Å². The minimum atomic E-state index is -0.487. The zero-order valence-electron chi connectivity index (χ0n) is 17.9. The first-order valence-electron chi connectivity index (χ1n) is 9.97. The number of ether oxygens (including phenoxy) is 1. The summed E-state index contributed by atoms with van der Waals surface area (Å²) in [4.78, 5) is 52.6. The van der Waals surface area contributed by atoms with Crippen molar-refractivity contribution in [2.24, 2.45) is 0 Å². The summed E-state index contributed by atoms with van der Waals surface area (Å²) in [6.07, 6.45) is -0.484. The quantitative estimate of drug-likeness (QED) is 0.749. The van der Waals surface area contributed by atoms with Crippen molar-refractivity contribution in [3.8, 4) is 0 Å². The monoisotopic (exact) mass is 426 g/mol. The molecule has 9 heteroatoms. The molecule has 0 atom stereocenters. The first kappa shape index (κ1) is 22.1. The van der Waals surface area contributed by atoms with Crippen molar-refractivity contribution in [3.05, 3.63) is 69.1 Å². The van der Waals surface area contributed by atoms with E-state index >= 15 is 0 Å².